The van der Waals surface area contributed by atoms with Crippen LogP contribution in [0, 0.1) is 11.3 Å². The van der Waals surface area contributed by atoms with Crippen LogP contribution in [0.4, 0.5) is 0 Å². The van der Waals surface area contributed by atoms with Gasteiger partial charge in [-0.3, -0.25) is 9.58 Å². The van der Waals surface area contributed by atoms with E-state index in [4.69, 9.17) is 0 Å². The van der Waals surface area contributed by atoms with Gasteiger partial charge >= 0.3 is 0 Å². The molecule has 0 aromatic carbocycles. The molecule has 2 atom stereocenters. The summed E-state index contributed by atoms with van der Waals surface area (Å²) < 4.78 is 1.89. The molecule has 2 rings (SSSR count). The van der Waals surface area contributed by atoms with Crippen molar-refractivity contribution in [3.05, 3.63) is 18.0 Å². The molecule has 1 fully saturated rings. The first-order valence-corrected chi connectivity index (χ1v) is 8.22. The van der Waals surface area contributed by atoms with Gasteiger partial charge in [0, 0.05) is 45.0 Å². The van der Waals surface area contributed by atoms with Gasteiger partial charge in [0.25, 0.3) is 0 Å². The van der Waals surface area contributed by atoms with Crippen molar-refractivity contribution in [2.45, 2.75) is 53.1 Å². The van der Waals surface area contributed by atoms with Crippen LogP contribution in [0.3, 0.4) is 0 Å². The molecule has 21 heavy (non-hydrogen) atoms. The molecule has 2 heterocycles. The summed E-state index contributed by atoms with van der Waals surface area (Å²) in [7, 11) is 1.99. The Morgan fingerprint density at radius 2 is 2.10 bits per heavy atom. The van der Waals surface area contributed by atoms with Gasteiger partial charge in [0.2, 0.25) is 0 Å². The normalized spacial score (nSPS) is 24.7. The number of piperazine rings is 1. The molecule has 0 saturated carbocycles. The largest absolute Gasteiger partial charge is 0.311 e. The third-order valence-electron chi connectivity index (χ3n) is 4.72. The van der Waals surface area contributed by atoms with Crippen LogP contribution in [0.25, 0.3) is 0 Å². The Hall–Kier alpha value is -0.870. The summed E-state index contributed by atoms with van der Waals surface area (Å²) in [5.41, 5.74) is 1.65. The molecule has 4 nitrogen and oxygen atoms in total. The van der Waals surface area contributed by atoms with Gasteiger partial charge in [0.1, 0.15) is 0 Å². The minimum absolute atomic E-state index is 0.314. The van der Waals surface area contributed by atoms with Crippen LogP contribution in [0.15, 0.2) is 12.4 Å². The molecule has 1 saturated heterocycles. The lowest BCUT2D eigenvalue weighted by atomic mass is 9.83. The van der Waals surface area contributed by atoms with Crippen LogP contribution < -0.4 is 5.32 Å². The maximum Gasteiger partial charge on any atom is 0.0522 e. The first-order chi connectivity index (χ1) is 9.77. The molecule has 2 unspecified atom stereocenters. The summed E-state index contributed by atoms with van der Waals surface area (Å²) in [5, 5.41) is 8.04. The zero-order valence-corrected chi connectivity index (χ0v) is 14.6. The monoisotopic (exact) mass is 292 g/mol. The minimum Gasteiger partial charge on any atom is -0.311 e. The summed E-state index contributed by atoms with van der Waals surface area (Å²) in [4.78, 5) is 2.68. The van der Waals surface area contributed by atoms with E-state index in [0.29, 0.717) is 23.4 Å². The Balaban J connectivity index is 2.00. The Labute approximate surface area is 129 Å². The average molecular weight is 292 g/mol. The maximum atomic E-state index is 4.27. The first kappa shape index (κ1) is 16.5. The second kappa shape index (κ2) is 6.49. The van der Waals surface area contributed by atoms with E-state index in [1.807, 2.05) is 17.9 Å². The van der Waals surface area contributed by atoms with Crippen LogP contribution in [0.1, 0.15) is 40.2 Å². The van der Waals surface area contributed by atoms with Crippen molar-refractivity contribution in [3.8, 4) is 0 Å². The zero-order valence-electron chi connectivity index (χ0n) is 14.6. The van der Waals surface area contributed by atoms with E-state index >= 15 is 0 Å². The van der Waals surface area contributed by atoms with Gasteiger partial charge in [-0.1, -0.05) is 34.6 Å². The zero-order chi connectivity index (χ0) is 15.6. The number of hydrogen-bond donors (Lipinski definition) is 1. The average Bonchev–Trinajstić information content (AvgIpc) is 2.80. The van der Waals surface area contributed by atoms with E-state index in [1.54, 1.807) is 0 Å². The van der Waals surface area contributed by atoms with Crippen molar-refractivity contribution < 1.29 is 0 Å². The van der Waals surface area contributed by atoms with E-state index in [-0.39, 0.29) is 0 Å². The van der Waals surface area contributed by atoms with Gasteiger partial charge in [-0.05, 0) is 23.3 Å². The van der Waals surface area contributed by atoms with Gasteiger partial charge in [0.15, 0.2) is 0 Å². The van der Waals surface area contributed by atoms with Crippen LogP contribution in [-0.4, -0.2) is 46.4 Å². The topological polar surface area (TPSA) is 33.1 Å². The lowest BCUT2D eigenvalue weighted by Gasteiger charge is -2.46. The highest BCUT2D eigenvalue weighted by Gasteiger charge is 2.34. The van der Waals surface area contributed by atoms with E-state index in [9.17, 15) is 0 Å². The van der Waals surface area contributed by atoms with Crippen molar-refractivity contribution in [1.82, 2.24) is 20.0 Å². The first-order valence-electron chi connectivity index (χ1n) is 8.22. The molecule has 1 aromatic heterocycles. The molecule has 120 valence electrons. The Bertz CT molecular complexity index is 444. The van der Waals surface area contributed by atoms with Gasteiger partial charge in [-0.25, -0.2) is 0 Å². The van der Waals surface area contributed by atoms with E-state index in [1.165, 1.54) is 5.56 Å². The molecule has 0 amide bonds. The second-order valence-electron chi connectivity index (χ2n) is 7.91. The predicted molar refractivity (Wildman–Crippen MR) is 88.4 cm³/mol. The molecule has 0 bridgehead atoms. The van der Waals surface area contributed by atoms with Crippen LogP contribution in [0.5, 0.6) is 0 Å². The molecule has 1 aliphatic rings. The number of hydrogen-bond acceptors (Lipinski definition) is 3. The number of nitrogens with one attached hydrogen (secondary N) is 1. The molecular weight excluding hydrogens is 260 g/mol. The third-order valence-corrected chi connectivity index (χ3v) is 4.72. The highest BCUT2D eigenvalue weighted by Crippen LogP contribution is 2.25. The Morgan fingerprint density at radius 3 is 2.62 bits per heavy atom. The number of rotatable bonds is 4. The number of aromatic nitrogens is 2. The molecule has 1 aliphatic heterocycles. The molecule has 4 heteroatoms. The van der Waals surface area contributed by atoms with Gasteiger partial charge in [-0.15, -0.1) is 0 Å². The van der Waals surface area contributed by atoms with Crippen LogP contribution in [-0.2, 0) is 13.5 Å². The highest BCUT2D eigenvalue weighted by molar-refractivity contribution is 5.05. The van der Waals surface area contributed by atoms with Gasteiger partial charge < -0.3 is 5.32 Å². The van der Waals surface area contributed by atoms with Crippen molar-refractivity contribution in [1.29, 1.82) is 0 Å². The summed E-state index contributed by atoms with van der Waals surface area (Å²) in [6, 6.07) is 1.21. The van der Waals surface area contributed by atoms with E-state index < -0.39 is 0 Å². The summed E-state index contributed by atoms with van der Waals surface area (Å²) in [6.45, 7) is 15.0. The van der Waals surface area contributed by atoms with Crippen LogP contribution in [0.2, 0.25) is 0 Å². The summed E-state index contributed by atoms with van der Waals surface area (Å²) >= 11 is 0. The number of nitrogens with zero attached hydrogens (tertiary/aromatic N) is 3. The Kier molecular flexibility index (Phi) is 5.10. The fraction of sp³-hybridized carbons (Fsp3) is 0.824. The molecule has 1 N–H and O–H groups in total. The van der Waals surface area contributed by atoms with Crippen molar-refractivity contribution in [2.75, 3.05) is 19.6 Å². The smallest absolute Gasteiger partial charge is 0.0522 e. The molecule has 1 aromatic rings. The second-order valence-corrected chi connectivity index (χ2v) is 7.91. The quantitative estimate of drug-likeness (QED) is 0.924. The molecular formula is C17H32N4. The third kappa shape index (κ3) is 4.30. The highest BCUT2D eigenvalue weighted by atomic mass is 15.3. The maximum absolute atomic E-state index is 4.27. The number of aryl methyl sites for hydroxylation is 1. The fourth-order valence-corrected chi connectivity index (χ4v) is 3.19. The lowest BCUT2D eigenvalue weighted by Crippen LogP contribution is -2.61. The molecule has 0 spiro atoms. The summed E-state index contributed by atoms with van der Waals surface area (Å²) in [5.74, 6) is 0.687. The Morgan fingerprint density at radius 1 is 1.38 bits per heavy atom. The van der Waals surface area contributed by atoms with Gasteiger partial charge in [-0.2, -0.15) is 5.10 Å². The van der Waals surface area contributed by atoms with E-state index in [0.717, 1.165) is 26.1 Å². The molecule has 0 radical (unpaired) electrons. The van der Waals surface area contributed by atoms with Crippen LogP contribution >= 0.6 is 0 Å². The van der Waals surface area contributed by atoms with Gasteiger partial charge in [0.05, 0.1) is 6.20 Å². The predicted octanol–water partition coefficient (Wildman–Crippen LogP) is 2.31. The summed E-state index contributed by atoms with van der Waals surface area (Å²) in [6.07, 6.45) is 5.22. The fourth-order valence-electron chi connectivity index (χ4n) is 3.19. The molecule has 0 aliphatic carbocycles. The lowest BCUT2D eigenvalue weighted by molar-refractivity contribution is 0.0642. The standard InChI is InChI=1S/C17H32N4/c1-13(2)15-10-18-16(17(3,4)5)12-21(15)8-7-14-9-19-20(6)11-14/h9,11,13,15-16,18H,7-8,10,12H2,1-6H3. The van der Waals surface area contributed by atoms with Crippen molar-refractivity contribution in [3.63, 3.8) is 0 Å². The van der Waals surface area contributed by atoms with Crippen molar-refractivity contribution >= 4 is 0 Å². The SMILES string of the molecule is CC(C)C1CNC(C(C)(C)C)CN1CCc1cnn(C)c1. The minimum atomic E-state index is 0.314. The van der Waals surface area contributed by atoms with Crippen molar-refractivity contribution in [2.24, 2.45) is 18.4 Å². The van der Waals surface area contributed by atoms with E-state index in [2.05, 4.69) is 56.1 Å².